The van der Waals surface area contributed by atoms with Gasteiger partial charge in [-0.25, -0.2) is 8.42 Å². The molecular weight excluding hydrogens is 318 g/mol. The van der Waals surface area contributed by atoms with Gasteiger partial charge in [0.05, 0.1) is 4.90 Å². The van der Waals surface area contributed by atoms with Crippen LogP contribution >= 0.6 is 0 Å². The second-order valence-electron chi connectivity index (χ2n) is 6.07. The first-order valence-electron chi connectivity index (χ1n) is 8.53. The smallest absolute Gasteiger partial charge is 0.222 e. The lowest BCUT2D eigenvalue weighted by Gasteiger charge is -2.11. The first-order chi connectivity index (χ1) is 11.6. The fraction of sp³-hybridized carbons (Fsp3) is 0.300. The largest absolute Gasteiger partial charge is 0.331 e. The van der Waals surface area contributed by atoms with Crippen molar-refractivity contribution in [3.63, 3.8) is 0 Å². The van der Waals surface area contributed by atoms with Crippen molar-refractivity contribution in [1.29, 1.82) is 0 Å². The number of nitrogens with zero attached hydrogens (tertiary/aromatic N) is 1. The third-order valence-electron chi connectivity index (χ3n) is 4.34. The molecule has 0 amide bonds. The highest BCUT2D eigenvalue weighted by molar-refractivity contribution is 7.91. The number of aryl methyl sites for hydroxylation is 1. The summed E-state index contributed by atoms with van der Waals surface area (Å²) >= 11 is 0. The first-order valence-corrected chi connectivity index (χ1v) is 10.0. The number of unbranched alkanes of at least 4 members (excludes halogenated alkanes) is 3. The molecule has 0 saturated heterocycles. The second kappa shape index (κ2) is 7.22. The van der Waals surface area contributed by atoms with Crippen molar-refractivity contribution in [2.75, 3.05) is 0 Å². The maximum Gasteiger partial charge on any atom is 0.222 e. The molecule has 0 aliphatic heterocycles. The summed E-state index contributed by atoms with van der Waals surface area (Å²) in [5.74, 6) is 0. The Morgan fingerprint density at radius 3 is 2.33 bits per heavy atom. The van der Waals surface area contributed by atoms with Gasteiger partial charge in [0, 0.05) is 17.4 Å². The molecule has 3 nitrogen and oxygen atoms in total. The number of fused-ring (bicyclic) bond motifs is 1. The fourth-order valence-corrected chi connectivity index (χ4v) is 4.57. The summed E-state index contributed by atoms with van der Waals surface area (Å²) in [7, 11) is -3.51. The van der Waals surface area contributed by atoms with Crippen molar-refractivity contribution in [3.05, 3.63) is 60.7 Å². The lowest BCUT2D eigenvalue weighted by atomic mass is 10.2. The Bertz CT molecular complexity index is 911. The number of rotatable bonds is 7. The summed E-state index contributed by atoms with van der Waals surface area (Å²) < 4.78 is 28.2. The average Bonchev–Trinajstić information content (AvgIpc) is 2.99. The van der Waals surface area contributed by atoms with E-state index in [4.69, 9.17) is 0 Å². The van der Waals surface area contributed by atoms with Crippen molar-refractivity contribution in [3.8, 4) is 0 Å². The zero-order chi connectivity index (χ0) is 17.0. The van der Waals surface area contributed by atoms with E-state index in [1.807, 2.05) is 34.9 Å². The average molecular weight is 341 g/mol. The highest BCUT2D eigenvalue weighted by Crippen LogP contribution is 2.28. The van der Waals surface area contributed by atoms with E-state index in [0.29, 0.717) is 9.92 Å². The normalized spacial score (nSPS) is 11.9. The van der Waals surface area contributed by atoms with Gasteiger partial charge in [-0.15, -0.1) is 0 Å². The summed E-state index contributed by atoms with van der Waals surface area (Å²) in [4.78, 5) is 0.350. The van der Waals surface area contributed by atoms with Crippen molar-refractivity contribution < 1.29 is 8.42 Å². The van der Waals surface area contributed by atoms with Crippen LogP contribution in [0.3, 0.4) is 0 Å². The van der Waals surface area contributed by atoms with Gasteiger partial charge < -0.3 is 4.57 Å². The quantitative estimate of drug-likeness (QED) is 0.564. The molecule has 1 heterocycles. The number of hydrogen-bond acceptors (Lipinski definition) is 2. The second-order valence-corrected chi connectivity index (χ2v) is 7.97. The Balaban J connectivity index is 2.06. The van der Waals surface area contributed by atoms with Gasteiger partial charge in [0.25, 0.3) is 0 Å². The molecule has 0 unspecified atom stereocenters. The van der Waals surface area contributed by atoms with E-state index in [0.717, 1.165) is 30.3 Å². The van der Waals surface area contributed by atoms with Crippen LogP contribution in [0.4, 0.5) is 0 Å². The molecule has 3 rings (SSSR count). The zero-order valence-corrected chi connectivity index (χ0v) is 14.8. The van der Waals surface area contributed by atoms with Gasteiger partial charge in [-0.05, 0) is 30.7 Å². The molecule has 0 fully saturated rings. The van der Waals surface area contributed by atoms with E-state index < -0.39 is 9.84 Å². The Morgan fingerprint density at radius 1 is 0.875 bits per heavy atom. The lowest BCUT2D eigenvalue weighted by molar-refractivity contribution is 0.548. The molecule has 0 spiro atoms. The monoisotopic (exact) mass is 341 g/mol. The van der Waals surface area contributed by atoms with Crippen LogP contribution in [-0.4, -0.2) is 13.0 Å². The van der Waals surface area contributed by atoms with Crippen molar-refractivity contribution in [2.24, 2.45) is 0 Å². The van der Waals surface area contributed by atoms with Crippen LogP contribution in [-0.2, 0) is 16.4 Å². The zero-order valence-electron chi connectivity index (χ0n) is 14.0. The molecule has 0 aliphatic carbocycles. The maximum absolute atomic E-state index is 13.1. The van der Waals surface area contributed by atoms with Gasteiger partial charge in [-0.3, -0.25) is 0 Å². The van der Waals surface area contributed by atoms with Crippen LogP contribution in [0.25, 0.3) is 10.9 Å². The predicted octanol–water partition coefficient (Wildman–Crippen LogP) is 5.05. The van der Waals surface area contributed by atoms with Crippen LogP contribution in [0.15, 0.2) is 70.6 Å². The summed E-state index contributed by atoms with van der Waals surface area (Å²) in [5, 5.41) is 1.37. The van der Waals surface area contributed by atoms with E-state index in [2.05, 4.69) is 6.92 Å². The molecule has 0 saturated carbocycles. The number of para-hydroxylation sites is 1. The van der Waals surface area contributed by atoms with Gasteiger partial charge >= 0.3 is 0 Å². The topological polar surface area (TPSA) is 39.1 Å². The third-order valence-corrected chi connectivity index (χ3v) is 6.12. The Labute approximate surface area is 143 Å². The van der Waals surface area contributed by atoms with Crippen molar-refractivity contribution >= 4 is 20.7 Å². The molecule has 126 valence electrons. The minimum absolute atomic E-state index is 0.350. The van der Waals surface area contributed by atoms with Crippen LogP contribution in [0.2, 0.25) is 0 Å². The van der Waals surface area contributed by atoms with Gasteiger partial charge in [0.15, 0.2) is 0 Å². The molecule has 4 heteroatoms. The van der Waals surface area contributed by atoms with Gasteiger partial charge in [-0.1, -0.05) is 62.6 Å². The number of aromatic nitrogens is 1. The molecule has 3 aromatic rings. The van der Waals surface area contributed by atoms with Crippen molar-refractivity contribution in [2.45, 2.75) is 49.1 Å². The van der Waals surface area contributed by atoms with E-state index >= 15 is 0 Å². The van der Waals surface area contributed by atoms with Crippen LogP contribution < -0.4 is 0 Å². The third kappa shape index (κ3) is 3.24. The van der Waals surface area contributed by atoms with Gasteiger partial charge in [0.2, 0.25) is 9.84 Å². The summed E-state index contributed by atoms with van der Waals surface area (Å²) in [6, 6.07) is 18.4. The van der Waals surface area contributed by atoms with E-state index in [9.17, 15) is 8.42 Å². The standard InChI is InChI=1S/C20H23NO2S/c1-2-3-4-10-15-21-19-14-9-8-11-17(19)16-20(21)24(22,23)18-12-6-5-7-13-18/h5-9,11-14,16H,2-4,10,15H2,1H3. The van der Waals surface area contributed by atoms with Gasteiger partial charge in [-0.2, -0.15) is 0 Å². The molecule has 0 atom stereocenters. The highest BCUT2D eigenvalue weighted by atomic mass is 32.2. The maximum atomic E-state index is 13.1. The van der Waals surface area contributed by atoms with Crippen molar-refractivity contribution in [1.82, 2.24) is 4.57 Å². The Kier molecular flexibility index (Phi) is 5.05. The SMILES string of the molecule is CCCCCCn1c(S(=O)(=O)c2ccccc2)cc2ccccc21. The number of benzene rings is 2. The minimum atomic E-state index is -3.51. The van der Waals surface area contributed by atoms with E-state index in [-0.39, 0.29) is 0 Å². The number of sulfone groups is 1. The lowest BCUT2D eigenvalue weighted by Crippen LogP contribution is -2.10. The first kappa shape index (κ1) is 16.8. The van der Waals surface area contributed by atoms with Crippen LogP contribution in [0.1, 0.15) is 32.6 Å². The van der Waals surface area contributed by atoms with Crippen LogP contribution in [0.5, 0.6) is 0 Å². The molecule has 2 aromatic carbocycles. The van der Waals surface area contributed by atoms with E-state index in [1.165, 1.54) is 12.8 Å². The van der Waals surface area contributed by atoms with Gasteiger partial charge in [0.1, 0.15) is 5.03 Å². The highest BCUT2D eigenvalue weighted by Gasteiger charge is 2.23. The Hall–Kier alpha value is -2.07. The molecule has 0 aliphatic rings. The number of hydrogen-bond donors (Lipinski definition) is 0. The molecule has 0 radical (unpaired) electrons. The summed E-state index contributed by atoms with van der Waals surface area (Å²) in [6.45, 7) is 2.91. The summed E-state index contributed by atoms with van der Waals surface area (Å²) in [5.41, 5.74) is 0.989. The fourth-order valence-electron chi connectivity index (χ4n) is 3.06. The summed E-state index contributed by atoms with van der Waals surface area (Å²) in [6.07, 6.45) is 4.46. The van der Waals surface area contributed by atoms with Crippen LogP contribution in [0, 0.1) is 0 Å². The Morgan fingerprint density at radius 2 is 1.58 bits per heavy atom. The minimum Gasteiger partial charge on any atom is -0.331 e. The molecule has 1 aromatic heterocycles. The molecular formula is C20H23NO2S. The molecule has 0 N–H and O–H groups in total. The predicted molar refractivity (Wildman–Crippen MR) is 98.0 cm³/mol. The van der Waals surface area contributed by atoms with E-state index in [1.54, 1.807) is 30.3 Å². The molecule has 24 heavy (non-hydrogen) atoms. The molecule has 0 bridgehead atoms.